The van der Waals surface area contributed by atoms with Crippen molar-refractivity contribution in [3.8, 4) is 6.07 Å². The number of hydrogen-bond donors (Lipinski definition) is 3. The van der Waals surface area contributed by atoms with Crippen molar-refractivity contribution in [3.63, 3.8) is 0 Å². The number of nitrogens with one attached hydrogen (secondary N) is 1. The predicted molar refractivity (Wildman–Crippen MR) is 103 cm³/mol. The van der Waals surface area contributed by atoms with E-state index in [0.717, 1.165) is 11.6 Å². The van der Waals surface area contributed by atoms with Gasteiger partial charge in [0.25, 0.3) is 16.0 Å². The van der Waals surface area contributed by atoms with E-state index in [2.05, 4.69) is 5.32 Å². The number of amides is 1. The fourth-order valence-corrected chi connectivity index (χ4v) is 2.92. The fraction of sp³-hybridized carbons (Fsp3) is 0.158. The molecule has 1 amide bonds. The van der Waals surface area contributed by atoms with Crippen LogP contribution in [0.15, 0.2) is 71.3 Å². The highest BCUT2D eigenvalue weighted by atomic mass is 32.2. The SMILES string of the molecule is N#C/C(=C/N(CCO)Cc1ccccc1)C(=O)Nc1cccc(S(=O)(=O)O)c1. The van der Waals surface area contributed by atoms with Crippen LogP contribution in [0.3, 0.4) is 0 Å². The predicted octanol–water partition coefficient (Wildman–Crippen LogP) is 1.77. The zero-order valence-electron chi connectivity index (χ0n) is 14.8. The van der Waals surface area contributed by atoms with Crippen molar-refractivity contribution in [2.24, 2.45) is 0 Å². The highest BCUT2D eigenvalue weighted by Gasteiger charge is 2.14. The first-order valence-electron chi connectivity index (χ1n) is 8.23. The third-order valence-corrected chi connectivity index (χ3v) is 4.53. The molecule has 0 aliphatic heterocycles. The maximum absolute atomic E-state index is 12.4. The minimum absolute atomic E-state index is 0.109. The number of anilines is 1. The summed E-state index contributed by atoms with van der Waals surface area (Å²) in [6, 6.07) is 16.2. The Morgan fingerprint density at radius 1 is 1.18 bits per heavy atom. The van der Waals surface area contributed by atoms with Gasteiger partial charge in [-0.15, -0.1) is 0 Å². The van der Waals surface area contributed by atoms with Gasteiger partial charge in [0.15, 0.2) is 0 Å². The van der Waals surface area contributed by atoms with Gasteiger partial charge in [0.1, 0.15) is 11.6 Å². The van der Waals surface area contributed by atoms with Crippen LogP contribution >= 0.6 is 0 Å². The molecule has 2 rings (SSSR count). The number of benzene rings is 2. The average Bonchev–Trinajstić information content (AvgIpc) is 2.66. The van der Waals surface area contributed by atoms with Crippen LogP contribution in [0.5, 0.6) is 0 Å². The van der Waals surface area contributed by atoms with Crippen molar-refractivity contribution in [1.29, 1.82) is 5.26 Å². The summed E-state index contributed by atoms with van der Waals surface area (Å²) in [6.45, 7) is 0.434. The van der Waals surface area contributed by atoms with Crippen molar-refractivity contribution in [2.75, 3.05) is 18.5 Å². The van der Waals surface area contributed by atoms with Crippen LogP contribution in [0.4, 0.5) is 5.69 Å². The number of carbonyl (C=O) groups is 1. The second-order valence-electron chi connectivity index (χ2n) is 5.79. The first kappa shape index (κ1) is 21.1. The highest BCUT2D eigenvalue weighted by Crippen LogP contribution is 2.16. The van der Waals surface area contributed by atoms with Crippen LogP contribution in [-0.2, 0) is 21.5 Å². The van der Waals surface area contributed by atoms with E-state index in [4.69, 9.17) is 4.55 Å². The maximum atomic E-state index is 12.4. The number of aliphatic hydroxyl groups is 1. The molecule has 0 aliphatic carbocycles. The number of hydrogen-bond acceptors (Lipinski definition) is 6. The van der Waals surface area contributed by atoms with E-state index in [1.54, 1.807) is 11.0 Å². The summed E-state index contributed by atoms with van der Waals surface area (Å²) in [5, 5.41) is 21.0. The van der Waals surface area contributed by atoms with Crippen molar-refractivity contribution >= 4 is 21.7 Å². The van der Waals surface area contributed by atoms with Gasteiger partial charge in [0.2, 0.25) is 0 Å². The van der Waals surface area contributed by atoms with Crippen LogP contribution < -0.4 is 5.32 Å². The van der Waals surface area contributed by atoms with Crippen molar-refractivity contribution < 1.29 is 22.9 Å². The minimum atomic E-state index is -4.41. The molecule has 0 atom stereocenters. The van der Waals surface area contributed by atoms with E-state index in [0.29, 0.717) is 6.54 Å². The molecule has 0 saturated heterocycles. The van der Waals surface area contributed by atoms with Gasteiger partial charge >= 0.3 is 0 Å². The van der Waals surface area contributed by atoms with E-state index in [1.165, 1.54) is 24.4 Å². The van der Waals surface area contributed by atoms with Crippen LogP contribution in [0.1, 0.15) is 5.56 Å². The van der Waals surface area contributed by atoms with Gasteiger partial charge in [0.05, 0.1) is 11.5 Å². The molecule has 9 heteroatoms. The molecule has 2 aromatic rings. The first-order chi connectivity index (χ1) is 13.3. The summed E-state index contributed by atoms with van der Waals surface area (Å²) in [5.41, 5.74) is 0.824. The Balaban J connectivity index is 2.20. The largest absolute Gasteiger partial charge is 0.395 e. The summed E-state index contributed by atoms with van der Waals surface area (Å²) in [4.78, 5) is 13.6. The molecule has 28 heavy (non-hydrogen) atoms. The second kappa shape index (κ2) is 9.66. The third-order valence-electron chi connectivity index (χ3n) is 3.68. The smallest absolute Gasteiger partial charge is 0.294 e. The van der Waals surface area contributed by atoms with Gasteiger partial charge in [-0.05, 0) is 23.8 Å². The quantitative estimate of drug-likeness (QED) is 0.349. The molecule has 0 bridgehead atoms. The lowest BCUT2D eigenvalue weighted by Gasteiger charge is -2.20. The lowest BCUT2D eigenvalue weighted by atomic mass is 10.2. The molecule has 3 N–H and O–H groups in total. The Kier molecular flexibility index (Phi) is 7.28. The Bertz CT molecular complexity index is 998. The van der Waals surface area contributed by atoms with E-state index in [-0.39, 0.29) is 29.3 Å². The summed E-state index contributed by atoms with van der Waals surface area (Å²) < 4.78 is 31.5. The standard InChI is InChI=1S/C19H19N3O5S/c20-12-16(14-22(9-10-23)13-15-5-2-1-3-6-15)19(24)21-17-7-4-8-18(11-17)28(25,26)27/h1-8,11,14,23H,9-10,13H2,(H,21,24)(H,25,26,27)/b16-14-. The minimum Gasteiger partial charge on any atom is -0.395 e. The third kappa shape index (κ3) is 6.21. The zero-order valence-corrected chi connectivity index (χ0v) is 15.6. The molecular formula is C19H19N3O5S. The zero-order chi connectivity index (χ0) is 20.6. The lowest BCUT2D eigenvalue weighted by Crippen LogP contribution is -2.24. The number of rotatable bonds is 8. The summed E-state index contributed by atoms with van der Waals surface area (Å²) >= 11 is 0. The van der Waals surface area contributed by atoms with Gasteiger partial charge in [-0.2, -0.15) is 13.7 Å². The molecule has 0 saturated carbocycles. The van der Waals surface area contributed by atoms with E-state index in [1.807, 2.05) is 30.3 Å². The number of aliphatic hydroxyl groups excluding tert-OH is 1. The topological polar surface area (TPSA) is 131 Å². The molecule has 0 radical (unpaired) electrons. The van der Waals surface area contributed by atoms with Gasteiger partial charge in [-0.25, -0.2) is 0 Å². The monoisotopic (exact) mass is 401 g/mol. The van der Waals surface area contributed by atoms with Crippen molar-refractivity contribution in [2.45, 2.75) is 11.4 Å². The fourth-order valence-electron chi connectivity index (χ4n) is 2.39. The molecule has 0 spiro atoms. The Hall–Kier alpha value is -3.19. The van der Waals surface area contributed by atoms with E-state index in [9.17, 15) is 23.6 Å². The summed E-state index contributed by atoms with van der Waals surface area (Å²) in [5.74, 6) is -0.744. The number of nitriles is 1. The average molecular weight is 401 g/mol. The van der Waals surface area contributed by atoms with Gasteiger partial charge in [0, 0.05) is 25.0 Å². The Labute approximate surface area is 163 Å². The van der Waals surface area contributed by atoms with Gasteiger partial charge in [-0.1, -0.05) is 36.4 Å². The van der Waals surface area contributed by atoms with E-state index < -0.39 is 16.0 Å². The molecule has 0 fully saturated rings. The Morgan fingerprint density at radius 2 is 1.89 bits per heavy atom. The molecule has 0 unspecified atom stereocenters. The molecule has 0 aromatic heterocycles. The normalized spacial score (nSPS) is 11.5. The van der Waals surface area contributed by atoms with Crippen LogP contribution in [0.25, 0.3) is 0 Å². The van der Waals surface area contributed by atoms with Crippen LogP contribution in [0, 0.1) is 11.3 Å². The Morgan fingerprint density at radius 3 is 2.50 bits per heavy atom. The van der Waals surface area contributed by atoms with Gasteiger partial charge < -0.3 is 15.3 Å². The molecule has 0 heterocycles. The lowest BCUT2D eigenvalue weighted by molar-refractivity contribution is -0.112. The van der Waals surface area contributed by atoms with Crippen molar-refractivity contribution in [3.05, 3.63) is 71.9 Å². The van der Waals surface area contributed by atoms with Crippen molar-refractivity contribution in [1.82, 2.24) is 4.90 Å². The molecule has 2 aromatic carbocycles. The first-order valence-corrected chi connectivity index (χ1v) is 9.67. The molecular weight excluding hydrogens is 382 g/mol. The van der Waals surface area contributed by atoms with Crippen LogP contribution in [-0.4, -0.2) is 42.0 Å². The summed E-state index contributed by atoms with van der Waals surface area (Å²) in [7, 11) is -4.41. The second-order valence-corrected chi connectivity index (χ2v) is 7.21. The number of carbonyl (C=O) groups excluding carboxylic acids is 1. The highest BCUT2D eigenvalue weighted by molar-refractivity contribution is 7.85. The van der Waals surface area contributed by atoms with Gasteiger partial charge in [-0.3, -0.25) is 9.35 Å². The molecule has 8 nitrogen and oxygen atoms in total. The maximum Gasteiger partial charge on any atom is 0.294 e. The molecule has 0 aliphatic rings. The summed E-state index contributed by atoms with van der Waals surface area (Å²) in [6.07, 6.45) is 1.34. The molecule has 146 valence electrons. The van der Waals surface area contributed by atoms with E-state index >= 15 is 0 Å². The number of nitrogens with zero attached hydrogens (tertiary/aromatic N) is 2. The van der Waals surface area contributed by atoms with Crippen LogP contribution in [0.2, 0.25) is 0 Å².